The number of unbranched alkanes of at least 4 members (excludes halogenated alkanes) is 8. The molecular formula is C29H46BrNO4. The minimum atomic E-state index is -2.11. The van der Waals surface area contributed by atoms with Crippen LogP contribution in [-0.2, 0) is 10.4 Å². The second-order valence-corrected chi connectivity index (χ2v) is 9.66. The molecule has 0 aliphatic heterocycles. The van der Waals surface area contributed by atoms with Crippen LogP contribution >= 0.6 is 17.0 Å². The third-order valence-corrected chi connectivity index (χ3v) is 6.25. The van der Waals surface area contributed by atoms with E-state index in [4.69, 9.17) is 5.11 Å². The zero-order chi connectivity index (χ0) is 25.3. The van der Waals surface area contributed by atoms with Crippen molar-refractivity contribution in [3.8, 4) is 0 Å². The normalized spacial score (nSPS) is 11.2. The van der Waals surface area contributed by atoms with Gasteiger partial charge in [-0.05, 0) is 24.0 Å². The molecule has 2 rings (SSSR count). The number of carbonyl (C=O) groups is 1. The van der Waals surface area contributed by atoms with E-state index < -0.39 is 11.6 Å². The number of carbonyl (C=O) groups excluding carboxylic acids is 1. The lowest BCUT2D eigenvalue weighted by molar-refractivity contribution is -0.890. The average Bonchev–Trinajstić information content (AvgIpc) is 2.84. The Hall–Kier alpha value is -1.73. The summed E-state index contributed by atoms with van der Waals surface area (Å²) in [4.78, 5) is 11.3. The van der Waals surface area contributed by atoms with E-state index in [-0.39, 0.29) is 28.1 Å². The van der Waals surface area contributed by atoms with E-state index in [1.807, 2.05) is 0 Å². The summed E-state index contributed by atoms with van der Waals surface area (Å²) in [5.41, 5.74) is -1.54. The summed E-state index contributed by atoms with van der Waals surface area (Å²) < 4.78 is 0.965. The van der Waals surface area contributed by atoms with Crippen molar-refractivity contribution in [3.05, 3.63) is 71.8 Å². The quantitative estimate of drug-likeness (QED) is 0.245. The van der Waals surface area contributed by atoms with Gasteiger partial charge in [-0.3, -0.25) is 0 Å². The molecule has 5 nitrogen and oxygen atoms in total. The molecule has 0 bridgehead atoms. The molecule has 0 saturated heterocycles. The second kappa shape index (κ2) is 18.5. The van der Waals surface area contributed by atoms with Crippen molar-refractivity contribution in [2.24, 2.45) is 0 Å². The van der Waals surface area contributed by atoms with Gasteiger partial charge in [0.25, 0.3) is 0 Å². The first-order valence-electron chi connectivity index (χ1n) is 12.8. The Morgan fingerprint density at radius 2 is 1.17 bits per heavy atom. The summed E-state index contributed by atoms with van der Waals surface area (Å²) in [5.74, 6) is -1.53. The summed E-state index contributed by atoms with van der Waals surface area (Å²) in [7, 11) is 4.42. The van der Waals surface area contributed by atoms with Crippen LogP contribution in [0.5, 0.6) is 0 Å². The standard InChI is InChI=1S/C15H34NO.C14H12O3.BrH/c1-4-5-6-7-8-9-10-11-12-13-16(2,3)14-15-17;15-13(16)14(17,11-7-3-1-4-8-11)12-9-5-2-6-10-12;/h17H,4-15H2,1-3H3;1-10,17H,(H,15,16);1H/q+1;;/p-1. The fraction of sp³-hybridized carbons (Fsp3) is 0.552. The predicted octanol–water partition coefficient (Wildman–Crippen LogP) is 4.84. The lowest BCUT2D eigenvalue weighted by Gasteiger charge is -2.30. The molecule has 198 valence electrons. The number of halogens is 1. The van der Waals surface area contributed by atoms with Gasteiger partial charge in [0.05, 0.1) is 33.2 Å². The summed E-state index contributed by atoms with van der Waals surface area (Å²) in [6.45, 7) is 4.67. The van der Waals surface area contributed by atoms with Crippen LogP contribution in [0.2, 0.25) is 0 Å². The van der Waals surface area contributed by atoms with Crippen LogP contribution < -0.4 is 5.11 Å². The van der Waals surface area contributed by atoms with Gasteiger partial charge < -0.3 is 24.6 Å². The maximum absolute atomic E-state index is 11.3. The van der Waals surface area contributed by atoms with Gasteiger partial charge in [-0.15, -0.1) is 17.0 Å². The Morgan fingerprint density at radius 3 is 1.54 bits per heavy atom. The Bertz CT molecular complexity index is 744. The maximum atomic E-state index is 11.3. The molecule has 0 amide bonds. The van der Waals surface area contributed by atoms with Crippen molar-refractivity contribution in [1.29, 1.82) is 0 Å². The number of quaternary nitrogens is 1. The van der Waals surface area contributed by atoms with Crippen LogP contribution in [0.25, 0.3) is 0 Å². The fourth-order valence-corrected chi connectivity index (χ4v) is 3.99. The Morgan fingerprint density at radius 1 is 0.771 bits per heavy atom. The average molecular weight is 553 g/mol. The number of hydrogen-bond acceptors (Lipinski definition) is 4. The molecule has 0 aliphatic rings. The van der Waals surface area contributed by atoms with E-state index >= 15 is 0 Å². The topological polar surface area (TPSA) is 80.6 Å². The SMILES string of the molecule is Br.CCCCCCCCCCC[N+](C)(C)CCO.O=C([O-])C(O)(c1ccccc1)c1ccccc1. The smallest absolute Gasteiger partial charge is 0.154 e. The summed E-state index contributed by atoms with van der Waals surface area (Å²) in [6, 6.07) is 16.4. The lowest BCUT2D eigenvalue weighted by atomic mass is 9.86. The lowest BCUT2D eigenvalue weighted by Crippen LogP contribution is -2.46. The van der Waals surface area contributed by atoms with E-state index in [0.29, 0.717) is 6.61 Å². The van der Waals surface area contributed by atoms with Gasteiger partial charge in [0.1, 0.15) is 6.54 Å². The molecular weight excluding hydrogens is 506 g/mol. The van der Waals surface area contributed by atoms with Crippen LogP contribution in [0.3, 0.4) is 0 Å². The third kappa shape index (κ3) is 12.7. The highest BCUT2D eigenvalue weighted by Crippen LogP contribution is 2.28. The number of benzene rings is 2. The molecule has 0 spiro atoms. The Labute approximate surface area is 223 Å². The minimum absolute atomic E-state index is 0. The largest absolute Gasteiger partial charge is 0.546 e. The summed E-state index contributed by atoms with van der Waals surface area (Å²) in [5, 5.41) is 30.6. The molecule has 2 aromatic rings. The first-order valence-corrected chi connectivity index (χ1v) is 12.8. The molecule has 0 saturated carbocycles. The molecule has 2 N–H and O–H groups in total. The summed E-state index contributed by atoms with van der Waals surface area (Å²) in [6.07, 6.45) is 12.5. The molecule has 0 heterocycles. The highest BCUT2D eigenvalue weighted by atomic mass is 79.9. The van der Waals surface area contributed by atoms with Crippen molar-refractivity contribution in [2.45, 2.75) is 70.3 Å². The molecule has 0 radical (unpaired) electrons. The molecule has 0 fully saturated rings. The highest BCUT2D eigenvalue weighted by molar-refractivity contribution is 8.93. The van der Waals surface area contributed by atoms with Crippen molar-refractivity contribution >= 4 is 23.0 Å². The molecule has 6 heteroatoms. The monoisotopic (exact) mass is 551 g/mol. The third-order valence-electron chi connectivity index (χ3n) is 6.25. The van der Waals surface area contributed by atoms with Gasteiger partial charge in [-0.25, -0.2) is 0 Å². The first kappa shape index (κ1) is 33.3. The number of likely N-dealkylation sites (N-methyl/N-ethyl adjacent to an activating group) is 1. The predicted molar refractivity (Wildman–Crippen MR) is 147 cm³/mol. The van der Waals surface area contributed by atoms with Gasteiger partial charge in [-0.2, -0.15) is 0 Å². The fourth-order valence-electron chi connectivity index (χ4n) is 3.99. The van der Waals surface area contributed by atoms with Gasteiger partial charge in [0.2, 0.25) is 0 Å². The van der Waals surface area contributed by atoms with Crippen molar-refractivity contribution in [1.82, 2.24) is 0 Å². The number of aliphatic hydroxyl groups excluding tert-OH is 1. The molecule has 0 atom stereocenters. The molecule has 0 aromatic heterocycles. The second-order valence-electron chi connectivity index (χ2n) is 9.66. The zero-order valence-electron chi connectivity index (χ0n) is 21.8. The van der Waals surface area contributed by atoms with Gasteiger partial charge in [-0.1, -0.05) is 113 Å². The van der Waals surface area contributed by atoms with Crippen LogP contribution in [0.4, 0.5) is 0 Å². The number of aliphatic carboxylic acids is 1. The first-order chi connectivity index (χ1) is 16.3. The van der Waals surface area contributed by atoms with E-state index in [1.165, 1.54) is 64.3 Å². The summed E-state index contributed by atoms with van der Waals surface area (Å²) >= 11 is 0. The molecule has 2 aromatic carbocycles. The molecule has 35 heavy (non-hydrogen) atoms. The van der Waals surface area contributed by atoms with E-state index in [0.717, 1.165) is 11.0 Å². The maximum Gasteiger partial charge on any atom is 0.154 e. The Kier molecular flexibility index (Phi) is 17.6. The van der Waals surface area contributed by atoms with Gasteiger partial charge in [0.15, 0.2) is 5.60 Å². The van der Waals surface area contributed by atoms with Gasteiger partial charge in [0, 0.05) is 0 Å². The van der Waals surface area contributed by atoms with Crippen LogP contribution in [0, 0.1) is 0 Å². The number of hydrogen-bond donors (Lipinski definition) is 2. The van der Waals surface area contributed by atoms with E-state index in [9.17, 15) is 15.0 Å². The van der Waals surface area contributed by atoms with Gasteiger partial charge >= 0.3 is 0 Å². The number of carboxylic acid groups (broad SMARTS) is 1. The molecule has 0 unspecified atom stereocenters. The Balaban J connectivity index is 0.000000642. The van der Waals surface area contributed by atoms with Crippen molar-refractivity contribution < 1.29 is 24.6 Å². The number of rotatable bonds is 15. The van der Waals surface area contributed by atoms with E-state index in [2.05, 4.69) is 21.0 Å². The highest BCUT2D eigenvalue weighted by Gasteiger charge is 2.32. The van der Waals surface area contributed by atoms with Crippen molar-refractivity contribution in [2.75, 3.05) is 33.8 Å². The zero-order valence-corrected chi connectivity index (χ0v) is 23.5. The number of carboxylic acids is 1. The van der Waals surface area contributed by atoms with Crippen molar-refractivity contribution in [3.63, 3.8) is 0 Å². The number of aliphatic hydroxyl groups is 2. The van der Waals surface area contributed by atoms with E-state index in [1.54, 1.807) is 60.7 Å². The molecule has 0 aliphatic carbocycles. The van der Waals surface area contributed by atoms with Crippen LogP contribution in [-0.4, -0.2) is 54.5 Å². The minimum Gasteiger partial charge on any atom is -0.546 e. The van der Waals surface area contributed by atoms with Crippen LogP contribution in [0.15, 0.2) is 60.7 Å². The number of nitrogens with zero attached hydrogens (tertiary/aromatic N) is 1. The van der Waals surface area contributed by atoms with Crippen LogP contribution in [0.1, 0.15) is 75.8 Å².